The fourth-order valence-electron chi connectivity index (χ4n) is 1.17. The molecule has 19 heavy (non-hydrogen) atoms. The van der Waals surface area contributed by atoms with Crippen molar-refractivity contribution in [3.8, 4) is 0 Å². The second-order valence-corrected chi connectivity index (χ2v) is 3.75. The minimum Gasteiger partial charge on any atom is -0.859 e. The molecule has 0 saturated carbocycles. The monoisotopic (exact) mass is 295 g/mol. The topological polar surface area (TPSA) is 96.8 Å². The average molecular weight is 295 g/mol. The van der Waals surface area contributed by atoms with Crippen molar-refractivity contribution in [3.05, 3.63) is 12.2 Å². The Morgan fingerprint density at radius 2 is 1.84 bits per heavy atom. The second kappa shape index (κ2) is 16.3. The quantitative estimate of drug-likeness (QED) is 0.120. The molecule has 0 aromatic carbocycles. The van der Waals surface area contributed by atoms with Crippen LogP contribution in [0.15, 0.2) is 17.1 Å². The zero-order chi connectivity index (χ0) is 13.6. The van der Waals surface area contributed by atoms with Crippen molar-refractivity contribution in [1.29, 1.82) is 0 Å². The molecule has 0 aliphatic heterocycles. The van der Waals surface area contributed by atoms with Crippen molar-refractivity contribution in [1.82, 2.24) is 10.6 Å². The van der Waals surface area contributed by atoms with Crippen LogP contribution in [0.5, 0.6) is 0 Å². The molecule has 7 heteroatoms. The fourth-order valence-corrected chi connectivity index (χ4v) is 1.17. The summed E-state index contributed by atoms with van der Waals surface area (Å²) in [5, 5.41) is 25.7. The van der Waals surface area contributed by atoms with Gasteiger partial charge in [0.1, 0.15) is 0 Å². The van der Waals surface area contributed by atoms with Crippen molar-refractivity contribution < 1.29 is 66.4 Å². The molecular weight excluding hydrogens is 273 g/mol. The fraction of sp³-hybridized carbons (Fsp3) is 0.667. The van der Waals surface area contributed by atoms with Crippen LogP contribution in [-0.4, -0.2) is 49.7 Å². The standard InChI is InChI=1S/C12H23N3O3.K/c1-2-3-6-13-7-8-14-9-10-15-11(16)4-5-12(17)18;/h4-5,13-14H,2-3,6-10H2,1H3,(H,15,16)(H,17,18);/q;+1/p-1/b5-4+;. The van der Waals surface area contributed by atoms with Gasteiger partial charge < -0.3 is 20.8 Å². The van der Waals surface area contributed by atoms with Gasteiger partial charge in [-0.25, -0.2) is 4.79 Å². The molecule has 0 bridgehead atoms. The molecule has 0 fully saturated rings. The molecule has 0 unspecified atom stereocenters. The van der Waals surface area contributed by atoms with Gasteiger partial charge in [-0.3, -0.25) is 4.99 Å². The summed E-state index contributed by atoms with van der Waals surface area (Å²) in [6, 6.07) is 0. The number of nitrogens with zero attached hydrogens (tertiary/aromatic N) is 1. The summed E-state index contributed by atoms with van der Waals surface area (Å²) in [5.41, 5.74) is 0. The number of hydrogen-bond acceptors (Lipinski definition) is 5. The Labute approximate surface area is 157 Å². The zero-order valence-electron chi connectivity index (χ0n) is 11.8. The van der Waals surface area contributed by atoms with E-state index in [0.29, 0.717) is 13.1 Å². The smallest absolute Gasteiger partial charge is 0.859 e. The summed E-state index contributed by atoms with van der Waals surface area (Å²) < 4.78 is 0. The van der Waals surface area contributed by atoms with Crippen LogP contribution in [-0.2, 0) is 4.79 Å². The van der Waals surface area contributed by atoms with E-state index in [1.54, 1.807) is 0 Å². The van der Waals surface area contributed by atoms with Gasteiger partial charge in [0.15, 0.2) is 0 Å². The van der Waals surface area contributed by atoms with Crippen LogP contribution in [0.2, 0.25) is 0 Å². The molecule has 0 saturated heterocycles. The maximum Gasteiger partial charge on any atom is 1.00 e. The van der Waals surface area contributed by atoms with Crippen LogP contribution in [0.4, 0.5) is 0 Å². The van der Waals surface area contributed by atoms with Gasteiger partial charge in [-0.05, 0) is 24.9 Å². The predicted octanol–water partition coefficient (Wildman–Crippen LogP) is -3.63. The van der Waals surface area contributed by atoms with Crippen LogP contribution in [0.3, 0.4) is 0 Å². The summed E-state index contributed by atoms with van der Waals surface area (Å²) in [6.07, 6.45) is 4.11. The van der Waals surface area contributed by atoms with Crippen LogP contribution in [0, 0.1) is 0 Å². The maximum absolute atomic E-state index is 11.0. The van der Waals surface area contributed by atoms with E-state index in [-0.39, 0.29) is 51.4 Å². The van der Waals surface area contributed by atoms with Gasteiger partial charge in [-0.2, -0.15) is 0 Å². The van der Waals surface area contributed by atoms with Crippen molar-refractivity contribution in [2.24, 2.45) is 4.99 Å². The third-order valence-corrected chi connectivity index (χ3v) is 2.11. The molecule has 0 aliphatic carbocycles. The molecule has 0 aromatic heterocycles. The first kappa shape index (κ1) is 21.5. The first-order valence-electron chi connectivity index (χ1n) is 6.20. The first-order valence-corrected chi connectivity index (χ1v) is 6.20. The Balaban J connectivity index is 0. The van der Waals surface area contributed by atoms with E-state index < -0.39 is 11.9 Å². The summed E-state index contributed by atoms with van der Waals surface area (Å²) in [6.45, 7) is 5.88. The molecule has 0 spiro atoms. The molecule has 104 valence electrons. The van der Waals surface area contributed by atoms with Crippen LogP contribution in [0.1, 0.15) is 19.8 Å². The van der Waals surface area contributed by atoms with E-state index in [9.17, 15) is 9.90 Å². The molecule has 0 rings (SSSR count). The third-order valence-electron chi connectivity index (χ3n) is 2.11. The van der Waals surface area contributed by atoms with E-state index in [4.69, 9.17) is 5.11 Å². The normalized spacial score (nSPS) is 11.5. The third kappa shape index (κ3) is 18.2. The second-order valence-electron chi connectivity index (χ2n) is 3.75. The van der Waals surface area contributed by atoms with Gasteiger partial charge in [0.25, 0.3) is 0 Å². The minimum absolute atomic E-state index is 0. The Hall–Kier alpha value is 0.236. The van der Waals surface area contributed by atoms with Crippen molar-refractivity contribution in [2.45, 2.75) is 19.8 Å². The number of hydrogen-bond donors (Lipinski definition) is 3. The van der Waals surface area contributed by atoms with Crippen molar-refractivity contribution >= 4 is 11.9 Å². The Kier molecular flexibility index (Phi) is 18.5. The van der Waals surface area contributed by atoms with Gasteiger partial charge in [-0.1, -0.05) is 13.3 Å². The number of rotatable bonds is 11. The van der Waals surface area contributed by atoms with E-state index in [1.807, 2.05) is 0 Å². The molecule has 0 radical (unpaired) electrons. The van der Waals surface area contributed by atoms with Crippen LogP contribution < -0.4 is 67.1 Å². The summed E-state index contributed by atoms with van der Waals surface area (Å²) >= 11 is 0. The Morgan fingerprint density at radius 3 is 2.42 bits per heavy atom. The van der Waals surface area contributed by atoms with Gasteiger partial charge in [0.2, 0.25) is 0 Å². The molecule has 0 heterocycles. The number of aliphatic carboxylic acids is 1. The van der Waals surface area contributed by atoms with E-state index in [0.717, 1.165) is 31.8 Å². The molecule has 0 amide bonds. The number of carboxylic acid groups (broad SMARTS) is 1. The molecule has 0 atom stereocenters. The Bertz CT molecular complexity index is 283. The molecular formula is C12H22KN3O3. The van der Waals surface area contributed by atoms with Gasteiger partial charge in [0.05, 0.1) is 6.54 Å². The number of unbranched alkanes of at least 4 members (excludes halogenated alkanes) is 1. The van der Waals surface area contributed by atoms with Gasteiger partial charge in [-0.15, -0.1) is 0 Å². The predicted molar refractivity (Wildman–Crippen MR) is 69.7 cm³/mol. The van der Waals surface area contributed by atoms with Crippen molar-refractivity contribution in [3.63, 3.8) is 0 Å². The van der Waals surface area contributed by atoms with Gasteiger partial charge in [0, 0.05) is 25.7 Å². The summed E-state index contributed by atoms with van der Waals surface area (Å²) in [4.78, 5) is 13.8. The number of nitrogens with one attached hydrogen (secondary N) is 2. The van der Waals surface area contributed by atoms with E-state index >= 15 is 0 Å². The number of carbonyl (C=O) groups is 1. The average Bonchev–Trinajstić information content (AvgIpc) is 2.34. The van der Waals surface area contributed by atoms with Crippen molar-refractivity contribution in [2.75, 3.05) is 32.7 Å². The maximum atomic E-state index is 11.0. The minimum atomic E-state index is -1.14. The van der Waals surface area contributed by atoms with Crippen LogP contribution >= 0.6 is 0 Å². The summed E-state index contributed by atoms with van der Waals surface area (Å²) in [5.74, 6) is -1.66. The van der Waals surface area contributed by atoms with Gasteiger partial charge >= 0.3 is 57.4 Å². The largest absolute Gasteiger partial charge is 1.00 e. The first-order chi connectivity index (χ1) is 8.66. The summed E-state index contributed by atoms with van der Waals surface area (Å²) in [7, 11) is 0. The number of aliphatic imine (C=N–C) groups is 1. The SMILES string of the molecule is CCCCNCCNCCN=C([O-])/C=C/C(=O)O.[K+]. The molecule has 0 aromatic rings. The molecule has 3 N–H and O–H groups in total. The zero-order valence-corrected chi connectivity index (χ0v) is 14.9. The molecule has 6 nitrogen and oxygen atoms in total. The van der Waals surface area contributed by atoms with E-state index in [2.05, 4.69) is 22.5 Å². The van der Waals surface area contributed by atoms with E-state index in [1.165, 1.54) is 12.8 Å². The molecule has 0 aliphatic rings. The number of carboxylic acids is 1. The van der Waals surface area contributed by atoms with Crippen LogP contribution in [0.25, 0.3) is 0 Å². The Morgan fingerprint density at radius 1 is 1.21 bits per heavy atom.